The first-order chi connectivity index (χ1) is 20.0. The lowest BCUT2D eigenvalue weighted by Crippen LogP contribution is -2.52. The number of benzene rings is 3. The molecule has 3 rings (SSSR count). The molecule has 0 aliphatic heterocycles. The van der Waals surface area contributed by atoms with Gasteiger partial charge in [-0.15, -0.1) is 0 Å². The largest absolute Gasteiger partial charge is 0.497 e. The van der Waals surface area contributed by atoms with E-state index >= 15 is 0 Å². The number of carbonyl (C=O) groups excluding carboxylic acids is 2. The Morgan fingerprint density at radius 2 is 1.64 bits per heavy atom. The van der Waals surface area contributed by atoms with Gasteiger partial charge in [0.05, 0.1) is 19.1 Å². The van der Waals surface area contributed by atoms with Crippen molar-refractivity contribution in [1.82, 2.24) is 10.2 Å². The van der Waals surface area contributed by atoms with Gasteiger partial charge in [0.25, 0.3) is 0 Å². The van der Waals surface area contributed by atoms with Crippen molar-refractivity contribution >= 4 is 43.5 Å². The molecule has 2 atom stereocenters. The summed E-state index contributed by atoms with van der Waals surface area (Å²) in [5, 5.41) is 3.07. The minimum absolute atomic E-state index is 0.0496. The Bertz CT molecular complexity index is 1420. The van der Waals surface area contributed by atoms with E-state index in [0.29, 0.717) is 17.9 Å². The first kappa shape index (κ1) is 33.1. The van der Waals surface area contributed by atoms with Crippen LogP contribution in [0, 0.1) is 0 Å². The zero-order valence-corrected chi connectivity index (χ0v) is 27.0. The fourth-order valence-corrected chi connectivity index (χ4v) is 5.99. The van der Waals surface area contributed by atoms with E-state index in [1.54, 1.807) is 36.3 Å². The number of amides is 2. The SMILES string of the molecule is CCC(C)NC(=O)C(Cc1ccccc1)N(Cc1cccc(Br)c1)C(=O)CCCN(c1ccc(OC)cc1)S(C)(=O)=O. The normalized spacial score (nSPS) is 12.7. The molecule has 0 saturated carbocycles. The maximum atomic E-state index is 13.9. The number of nitrogens with zero attached hydrogens (tertiary/aromatic N) is 2. The van der Waals surface area contributed by atoms with Gasteiger partial charge in [0.1, 0.15) is 11.8 Å². The third-order valence-corrected chi connectivity index (χ3v) is 8.71. The summed E-state index contributed by atoms with van der Waals surface area (Å²) < 4.78 is 32.6. The molecule has 42 heavy (non-hydrogen) atoms. The van der Waals surface area contributed by atoms with E-state index in [1.165, 1.54) is 4.31 Å². The minimum Gasteiger partial charge on any atom is -0.497 e. The van der Waals surface area contributed by atoms with Crippen molar-refractivity contribution in [2.45, 2.75) is 58.2 Å². The van der Waals surface area contributed by atoms with E-state index in [2.05, 4.69) is 21.2 Å². The van der Waals surface area contributed by atoms with E-state index in [9.17, 15) is 18.0 Å². The quantitative estimate of drug-likeness (QED) is 0.231. The van der Waals surface area contributed by atoms with Crippen LogP contribution in [-0.4, -0.2) is 57.1 Å². The Hall–Kier alpha value is -3.37. The zero-order chi connectivity index (χ0) is 30.7. The molecule has 1 N–H and O–H groups in total. The molecule has 0 aliphatic carbocycles. The van der Waals surface area contributed by atoms with Crippen LogP contribution in [0.4, 0.5) is 5.69 Å². The molecule has 8 nitrogen and oxygen atoms in total. The van der Waals surface area contributed by atoms with Gasteiger partial charge in [0, 0.05) is 36.4 Å². The standard InChI is InChI=1S/C32H40BrN3O5S/c1-5-24(2)34-32(38)30(22-25-11-7-6-8-12-25)35(23-26-13-9-14-27(33)21-26)31(37)15-10-20-36(42(4,39)40)28-16-18-29(41-3)19-17-28/h6-9,11-14,16-19,21,24,30H,5,10,15,20,22-23H2,1-4H3,(H,34,38). The van der Waals surface area contributed by atoms with Crippen LogP contribution in [0.2, 0.25) is 0 Å². The number of ether oxygens (including phenoxy) is 1. The highest BCUT2D eigenvalue weighted by Crippen LogP contribution is 2.23. The summed E-state index contributed by atoms with van der Waals surface area (Å²) in [6, 6.07) is 23.2. The van der Waals surface area contributed by atoms with Gasteiger partial charge in [-0.1, -0.05) is 65.3 Å². The molecule has 2 amide bonds. The van der Waals surface area contributed by atoms with Crippen LogP contribution in [0.1, 0.15) is 44.2 Å². The molecule has 0 aliphatic rings. The first-order valence-electron chi connectivity index (χ1n) is 14.0. The van der Waals surface area contributed by atoms with Gasteiger partial charge in [-0.3, -0.25) is 13.9 Å². The van der Waals surface area contributed by atoms with Crippen LogP contribution < -0.4 is 14.4 Å². The fourth-order valence-electron chi connectivity index (χ4n) is 4.58. The molecule has 2 unspecified atom stereocenters. The summed E-state index contributed by atoms with van der Waals surface area (Å²) in [4.78, 5) is 29.2. The van der Waals surface area contributed by atoms with Crippen molar-refractivity contribution in [2.75, 3.05) is 24.2 Å². The van der Waals surface area contributed by atoms with E-state index < -0.39 is 16.1 Å². The second-order valence-corrected chi connectivity index (χ2v) is 13.1. The molecule has 0 spiro atoms. The predicted octanol–water partition coefficient (Wildman–Crippen LogP) is 5.56. The number of carbonyl (C=O) groups is 2. The molecule has 0 saturated heterocycles. The van der Waals surface area contributed by atoms with Crippen molar-refractivity contribution in [1.29, 1.82) is 0 Å². The van der Waals surface area contributed by atoms with Crippen LogP contribution in [-0.2, 0) is 32.6 Å². The molecular weight excluding hydrogens is 618 g/mol. The number of rotatable bonds is 15. The van der Waals surface area contributed by atoms with Crippen LogP contribution in [0.3, 0.4) is 0 Å². The van der Waals surface area contributed by atoms with E-state index in [0.717, 1.165) is 28.3 Å². The predicted molar refractivity (Wildman–Crippen MR) is 171 cm³/mol. The summed E-state index contributed by atoms with van der Waals surface area (Å²) in [5.41, 5.74) is 2.31. The van der Waals surface area contributed by atoms with Gasteiger partial charge in [-0.2, -0.15) is 0 Å². The summed E-state index contributed by atoms with van der Waals surface area (Å²) >= 11 is 3.51. The molecule has 10 heteroatoms. The van der Waals surface area contributed by atoms with Gasteiger partial charge in [0.15, 0.2) is 0 Å². The molecule has 0 bridgehead atoms. The van der Waals surface area contributed by atoms with Gasteiger partial charge >= 0.3 is 0 Å². The lowest BCUT2D eigenvalue weighted by Gasteiger charge is -2.32. The molecule has 0 heterocycles. The average molecular weight is 659 g/mol. The van der Waals surface area contributed by atoms with Gasteiger partial charge in [0.2, 0.25) is 21.8 Å². The van der Waals surface area contributed by atoms with Gasteiger partial charge in [-0.05, 0) is 67.3 Å². The van der Waals surface area contributed by atoms with Gasteiger partial charge < -0.3 is 15.0 Å². The third-order valence-electron chi connectivity index (χ3n) is 7.03. The van der Waals surface area contributed by atoms with Crippen molar-refractivity contribution in [2.24, 2.45) is 0 Å². The highest BCUT2D eigenvalue weighted by molar-refractivity contribution is 9.10. The Kier molecular flexibility index (Phi) is 12.4. The summed E-state index contributed by atoms with van der Waals surface area (Å²) in [7, 11) is -2.05. The van der Waals surface area contributed by atoms with E-state index in [-0.39, 0.29) is 43.8 Å². The second kappa shape index (κ2) is 15.7. The van der Waals surface area contributed by atoms with E-state index in [1.807, 2.05) is 68.4 Å². The summed E-state index contributed by atoms with van der Waals surface area (Å²) in [5.74, 6) is 0.177. The van der Waals surface area contributed by atoms with Crippen molar-refractivity contribution in [3.05, 3.63) is 94.5 Å². The minimum atomic E-state index is -3.60. The Morgan fingerprint density at radius 1 is 0.976 bits per heavy atom. The molecular formula is C32H40BrN3O5S. The fraction of sp³-hybridized carbons (Fsp3) is 0.375. The molecule has 0 aromatic heterocycles. The van der Waals surface area contributed by atoms with E-state index in [4.69, 9.17) is 4.74 Å². The maximum Gasteiger partial charge on any atom is 0.243 e. The van der Waals surface area contributed by atoms with Crippen LogP contribution in [0.25, 0.3) is 0 Å². The lowest BCUT2D eigenvalue weighted by atomic mass is 10.0. The Labute approximate surface area is 258 Å². The monoisotopic (exact) mass is 657 g/mol. The maximum absolute atomic E-state index is 13.9. The number of methoxy groups -OCH3 is 1. The number of hydrogen-bond donors (Lipinski definition) is 1. The average Bonchev–Trinajstić information content (AvgIpc) is 2.97. The zero-order valence-electron chi connectivity index (χ0n) is 24.6. The molecule has 0 radical (unpaired) electrons. The number of anilines is 1. The number of sulfonamides is 1. The van der Waals surface area contributed by atoms with Crippen LogP contribution in [0.5, 0.6) is 5.75 Å². The Balaban J connectivity index is 1.88. The first-order valence-corrected chi connectivity index (χ1v) is 16.7. The summed E-state index contributed by atoms with van der Waals surface area (Å²) in [6.45, 7) is 4.29. The number of nitrogens with one attached hydrogen (secondary N) is 1. The highest BCUT2D eigenvalue weighted by Gasteiger charge is 2.31. The van der Waals surface area contributed by atoms with Crippen molar-refractivity contribution in [3.8, 4) is 5.75 Å². The van der Waals surface area contributed by atoms with Crippen LogP contribution >= 0.6 is 15.9 Å². The molecule has 3 aromatic carbocycles. The summed E-state index contributed by atoms with van der Waals surface area (Å²) in [6.07, 6.45) is 2.60. The van der Waals surface area contributed by atoms with Crippen molar-refractivity contribution < 1.29 is 22.7 Å². The smallest absolute Gasteiger partial charge is 0.243 e. The molecule has 3 aromatic rings. The second-order valence-electron chi connectivity index (χ2n) is 10.3. The Morgan fingerprint density at radius 3 is 2.24 bits per heavy atom. The number of halogens is 1. The van der Waals surface area contributed by atoms with Crippen LogP contribution in [0.15, 0.2) is 83.3 Å². The molecule has 0 fully saturated rings. The lowest BCUT2D eigenvalue weighted by molar-refractivity contribution is -0.141. The van der Waals surface area contributed by atoms with Crippen molar-refractivity contribution in [3.63, 3.8) is 0 Å². The topological polar surface area (TPSA) is 96.0 Å². The van der Waals surface area contributed by atoms with Gasteiger partial charge in [-0.25, -0.2) is 8.42 Å². The molecule has 226 valence electrons. The highest BCUT2D eigenvalue weighted by atomic mass is 79.9. The third kappa shape index (κ3) is 9.87. The number of hydrogen-bond acceptors (Lipinski definition) is 5.